The first kappa shape index (κ1) is 16.2. The van der Waals surface area contributed by atoms with E-state index in [4.69, 9.17) is 9.88 Å². The Hall–Kier alpha value is -2.63. The van der Waals surface area contributed by atoms with Crippen LogP contribution in [0.15, 0.2) is 77.7 Å². The number of benzene rings is 3. The summed E-state index contributed by atoms with van der Waals surface area (Å²) >= 11 is 0. The van der Waals surface area contributed by atoms with Crippen molar-refractivity contribution in [3.05, 3.63) is 72.8 Å². The van der Waals surface area contributed by atoms with Crippen molar-refractivity contribution in [2.24, 2.45) is 5.14 Å². The summed E-state index contributed by atoms with van der Waals surface area (Å²) in [5.74, 6) is 0.720. The minimum atomic E-state index is -3.83. The second-order valence-electron chi connectivity index (χ2n) is 5.29. The molecule has 0 atom stereocenters. The summed E-state index contributed by atoms with van der Waals surface area (Å²) in [5.41, 5.74) is 3.12. The van der Waals surface area contributed by atoms with E-state index in [1.54, 1.807) is 25.3 Å². The van der Waals surface area contributed by atoms with E-state index < -0.39 is 10.0 Å². The number of sulfonamides is 1. The minimum Gasteiger partial charge on any atom is -0.496 e. The number of ether oxygens (including phenoxy) is 1. The molecule has 0 aliphatic heterocycles. The van der Waals surface area contributed by atoms with Crippen LogP contribution in [0, 0.1) is 0 Å². The maximum atomic E-state index is 12.0. The molecule has 0 fully saturated rings. The SMILES string of the molecule is COc1ccccc1-c1ccccc1-c1ccccc1S(N)(=O)=O. The van der Waals surface area contributed by atoms with Gasteiger partial charge in [0, 0.05) is 11.1 Å². The molecular weight excluding hydrogens is 322 g/mol. The quantitative estimate of drug-likeness (QED) is 0.788. The average Bonchev–Trinajstić information content (AvgIpc) is 2.61. The summed E-state index contributed by atoms with van der Waals surface area (Å²) < 4.78 is 29.3. The van der Waals surface area contributed by atoms with E-state index in [1.807, 2.05) is 48.5 Å². The predicted molar refractivity (Wildman–Crippen MR) is 95.2 cm³/mol. The highest BCUT2D eigenvalue weighted by atomic mass is 32.2. The molecule has 24 heavy (non-hydrogen) atoms. The number of rotatable bonds is 4. The number of hydrogen-bond acceptors (Lipinski definition) is 3. The van der Waals surface area contributed by atoms with E-state index >= 15 is 0 Å². The van der Waals surface area contributed by atoms with Gasteiger partial charge in [-0.1, -0.05) is 60.7 Å². The van der Waals surface area contributed by atoms with E-state index in [9.17, 15) is 8.42 Å². The van der Waals surface area contributed by atoms with Crippen molar-refractivity contribution in [2.75, 3.05) is 7.11 Å². The predicted octanol–water partition coefficient (Wildman–Crippen LogP) is 3.68. The molecule has 0 heterocycles. The van der Waals surface area contributed by atoms with Gasteiger partial charge in [0.1, 0.15) is 5.75 Å². The molecule has 3 aromatic rings. The van der Waals surface area contributed by atoms with E-state index in [0.717, 1.165) is 22.4 Å². The zero-order valence-corrected chi connectivity index (χ0v) is 14.0. The fourth-order valence-corrected chi connectivity index (χ4v) is 3.51. The Labute approximate surface area is 141 Å². The number of para-hydroxylation sites is 1. The molecule has 0 bridgehead atoms. The van der Waals surface area contributed by atoms with Gasteiger partial charge in [0.15, 0.2) is 0 Å². The molecule has 0 saturated heterocycles. The number of hydrogen-bond donors (Lipinski definition) is 1. The van der Waals surface area contributed by atoms with Gasteiger partial charge in [0.25, 0.3) is 0 Å². The Morgan fingerprint density at radius 3 is 1.75 bits per heavy atom. The first-order chi connectivity index (χ1) is 11.5. The summed E-state index contributed by atoms with van der Waals surface area (Å²) in [5, 5.41) is 5.39. The summed E-state index contributed by atoms with van der Waals surface area (Å²) in [4.78, 5) is 0.104. The highest BCUT2D eigenvalue weighted by Crippen LogP contribution is 2.38. The van der Waals surface area contributed by atoms with E-state index in [-0.39, 0.29) is 4.90 Å². The highest BCUT2D eigenvalue weighted by Gasteiger charge is 2.18. The normalized spacial score (nSPS) is 11.2. The van der Waals surface area contributed by atoms with Crippen LogP contribution in [-0.2, 0) is 10.0 Å². The van der Waals surface area contributed by atoms with Gasteiger partial charge in [0.2, 0.25) is 10.0 Å². The lowest BCUT2D eigenvalue weighted by molar-refractivity contribution is 0.416. The largest absolute Gasteiger partial charge is 0.496 e. The molecule has 4 nitrogen and oxygen atoms in total. The Morgan fingerprint density at radius 1 is 0.708 bits per heavy atom. The Morgan fingerprint density at radius 2 is 1.17 bits per heavy atom. The second kappa shape index (κ2) is 6.47. The van der Waals surface area contributed by atoms with Crippen molar-refractivity contribution in [1.82, 2.24) is 0 Å². The van der Waals surface area contributed by atoms with Gasteiger partial charge in [-0.3, -0.25) is 0 Å². The van der Waals surface area contributed by atoms with Gasteiger partial charge < -0.3 is 4.74 Å². The van der Waals surface area contributed by atoms with Crippen LogP contribution in [0.4, 0.5) is 0 Å². The summed E-state index contributed by atoms with van der Waals surface area (Å²) in [7, 11) is -2.22. The van der Waals surface area contributed by atoms with Gasteiger partial charge in [-0.2, -0.15) is 0 Å². The summed E-state index contributed by atoms with van der Waals surface area (Å²) in [6, 6.07) is 22.0. The molecule has 0 aliphatic rings. The molecule has 5 heteroatoms. The molecule has 0 spiro atoms. The average molecular weight is 339 g/mol. The van der Waals surface area contributed by atoms with Crippen molar-refractivity contribution in [1.29, 1.82) is 0 Å². The molecule has 2 N–H and O–H groups in total. The van der Waals surface area contributed by atoms with Crippen LogP contribution in [0.1, 0.15) is 0 Å². The van der Waals surface area contributed by atoms with Crippen LogP contribution in [0.25, 0.3) is 22.3 Å². The lowest BCUT2D eigenvalue weighted by Gasteiger charge is -2.15. The van der Waals surface area contributed by atoms with Crippen molar-refractivity contribution >= 4 is 10.0 Å². The Balaban J connectivity index is 2.30. The highest BCUT2D eigenvalue weighted by molar-refractivity contribution is 7.89. The summed E-state index contributed by atoms with van der Waals surface area (Å²) in [6.07, 6.45) is 0. The maximum absolute atomic E-state index is 12.0. The number of nitrogens with two attached hydrogens (primary N) is 1. The Kier molecular flexibility index (Phi) is 4.38. The van der Waals surface area contributed by atoms with Gasteiger partial charge in [-0.15, -0.1) is 0 Å². The number of methoxy groups -OCH3 is 1. The molecule has 0 aliphatic carbocycles. The van der Waals surface area contributed by atoms with Gasteiger partial charge >= 0.3 is 0 Å². The van der Waals surface area contributed by atoms with Crippen LogP contribution in [-0.4, -0.2) is 15.5 Å². The van der Waals surface area contributed by atoms with E-state index in [2.05, 4.69) is 0 Å². The molecule has 122 valence electrons. The van der Waals surface area contributed by atoms with Crippen LogP contribution in [0.2, 0.25) is 0 Å². The second-order valence-corrected chi connectivity index (χ2v) is 6.82. The maximum Gasteiger partial charge on any atom is 0.238 e. The minimum absolute atomic E-state index is 0.104. The first-order valence-corrected chi connectivity index (χ1v) is 8.91. The first-order valence-electron chi connectivity index (χ1n) is 7.37. The standard InChI is InChI=1S/C19H17NO3S/c1-23-18-12-6-4-10-16(18)14-8-2-3-9-15(14)17-11-5-7-13-19(17)24(20,21)22/h2-13H,1H3,(H2,20,21,22). The van der Waals surface area contributed by atoms with Gasteiger partial charge in [-0.05, 0) is 23.3 Å². The molecular formula is C19H17NO3S. The van der Waals surface area contributed by atoms with Crippen LogP contribution >= 0.6 is 0 Å². The van der Waals surface area contributed by atoms with Crippen LogP contribution in [0.3, 0.4) is 0 Å². The van der Waals surface area contributed by atoms with Crippen molar-refractivity contribution < 1.29 is 13.2 Å². The zero-order chi connectivity index (χ0) is 17.2. The third-order valence-corrected chi connectivity index (χ3v) is 4.78. The molecule has 0 unspecified atom stereocenters. The van der Waals surface area contributed by atoms with E-state index in [0.29, 0.717) is 5.56 Å². The van der Waals surface area contributed by atoms with E-state index in [1.165, 1.54) is 6.07 Å². The lowest BCUT2D eigenvalue weighted by Crippen LogP contribution is -2.13. The third kappa shape index (κ3) is 3.04. The van der Waals surface area contributed by atoms with Crippen molar-refractivity contribution in [3.8, 4) is 28.0 Å². The smallest absolute Gasteiger partial charge is 0.238 e. The molecule has 0 aromatic heterocycles. The fraction of sp³-hybridized carbons (Fsp3) is 0.0526. The van der Waals surface area contributed by atoms with Crippen LogP contribution in [0.5, 0.6) is 5.75 Å². The monoisotopic (exact) mass is 339 g/mol. The molecule has 0 amide bonds. The zero-order valence-electron chi connectivity index (χ0n) is 13.1. The number of primary sulfonamides is 1. The molecule has 0 radical (unpaired) electrons. The summed E-state index contributed by atoms with van der Waals surface area (Å²) in [6.45, 7) is 0. The van der Waals surface area contributed by atoms with Crippen LogP contribution < -0.4 is 9.88 Å². The molecule has 0 saturated carbocycles. The fourth-order valence-electron chi connectivity index (χ4n) is 2.76. The molecule has 3 aromatic carbocycles. The Bertz CT molecular complexity index is 981. The topological polar surface area (TPSA) is 69.4 Å². The van der Waals surface area contributed by atoms with Crippen molar-refractivity contribution in [3.63, 3.8) is 0 Å². The lowest BCUT2D eigenvalue weighted by atomic mass is 9.94. The third-order valence-electron chi connectivity index (χ3n) is 3.81. The molecule has 3 rings (SSSR count). The van der Waals surface area contributed by atoms with Gasteiger partial charge in [-0.25, -0.2) is 13.6 Å². The van der Waals surface area contributed by atoms with Crippen molar-refractivity contribution in [2.45, 2.75) is 4.90 Å². The van der Waals surface area contributed by atoms with Gasteiger partial charge in [0.05, 0.1) is 12.0 Å².